The highest BCUT2D eigenvalue weighted by molar-refractivity contribution is 6.04. The Morgan fingerprint density at radius 1 is 0.893 bits per heavy atom. The van der Waals surface area contributed by atoms with Crippen LogP contribution >= 0.6 is 0 Å². The Bertz CT molecular complexity index is 1010. The van der Waals surface area contributed by atoms with E-state index in [1.54, 1.807) is 12.1 Å². The molecule has 0 fully saturated rings. The second kappa shape index (κ2) is 8.21. The lowest BCUT2D eigenvalue weighted by atomic mass is 10.2. The molecule has 0 unspecified atom stereocenters. The van der Waals surface area contributed by atoms with Crippen LogP contribution in [0.5, 0.6) is 0 Å². The molecule has 0 atom stereocenters. The van der Waals surface area contributed by atoms with E-state index in [0.717, 1.165) is 12.1 Å². The van der Waals surface area contributed by atoms with E-state index in [9.17, 15) is 18.4 Å². The third-order valence-corrected chi connectivity index (χ3v) is 3.65. The van der Waals surface area contributed by atoms with Crippen LogP contribution in [0.4, 0.5) is 26.1 Å². The first kappa shape index (κ1) is 18.9. The van der Waals surface area contributed by atoms with E-state index in [4.69, 9.17) is 0 Å². The van der Waals surface area contributed by atoms with Gasteiger partial charge in [-0.2, -0.15) is 0 Å². The zero-order valence-corrected chi connectivity index (χ0v) is 14.6. The lowest BCUT2D eigenvalue weighted by Crippen LogP contribution is -2.13. The molecule has 0 bridgehead atoms. The lowest BCUT2D eigenvalue weighted by Gasteiger charge is -2.07. The number of hydrogen-bond acceptors (Lipinski definition) is 6. The summed E-state index contributed by atoms with van der Waals surface area (Å²) in [6.45, 7) is 0. The third kappa shape index (κ3) is 4.44. The number of anilines is 3. The summed E-state index contributed by atoms with van der Waals surface area (Å²) in [4.78, 5) is 31.6. The number of ether oxygens (including phenoxy) is 1. The summed E-state index contributed by atoms with van der Waals surface area (Å²) in [5.74, 6) is -2.78. The minimum Gasteiger partial charge on any atom is -0.465 e. The average molecular weight is 384 g/mol. The fraction of sp³-hybridized carbons (Fsp3) is 0.0526. The van der Waals surface area contributed by atoms with Crippen LogP contribution in [0, 0.1) is 11.6 Å². The summed E-state index contributed by atoms with van der Waals surface area (Å²) in [5, 5.41) is 5.35. The molecule has 1 heterocycles. The second-order valence-corrected chi connectivity index (χ2v) is 5.57. The smallest absolute Gasteiger partial charge is 0.337 e. The van der Waals surface area contributed by atoms with Crippen molar-refractivity contribution in [1.82, 2.24) is 9.97 Å². The maximum absolute atomic E-state index is 13.2. The number of halogens is 2. The van der Waals surface area contributed by atoms with Crippen molar-refractivity contribution in [2.45, 2.75) is 0 Å². The number of hydrogen-bond donors (Lipinski definition) is 2. The maximum atomic E-state index is 13.2. The molecule has 2 N–H and O–H groups in total. The Morgan fingerprint density at radius 2 is 1.54 bits per heavy atom. The van der Waals surface area contributed by atoms with Gasteiger partial charge in [0.2, 0.25) is 5.95 Å². The number of esters is 1. The summed E-state index contributed by atoms with van der Waals surface area (Å²) in [6, 6.07) is 9.44. The molecule has 0 aliphatic carbocycles. The van der Waals surface area contributed by atoms with Gasteiger partial charge in [0.1, 0.15) is 0 Å². The summed E-state index contributed by atoms with van der Waals surface area (Å²) in [5.41, 5.74) is 1.29. The van der Waals surface area contributed by atoms with Crippen LogP contribution in [0.15, 0.2) is 54.9 Å². The van der Waals surface area contributed by atoms with Gasteiger partial charge in [0.25, 0.3) is 5.91 Å². The van der Waals surface area contributed by atoms with E-state index in [0.29, 0.717) is 11.3 Å². The fourth-order valence-electron chi connectivity index (χ4n) is 2.22. The van der Waals surface area contributed by atoms with Gasteiger partial charge >= 0.3 is 5.97 Å². The van der Waals surface area contributed by atoms with Crippen LogP contribution < -0.4 is 10.6 Å². The molecule has 1 aromatic heterocycles. The number of nitrogens with one attached hydrogen (secondary N) is 2. The molecule has 2 aromatic carbocycles. The maximum Gasteiger partial charge on any atom is 0.337 e. The van der Waals surface area contributed by atoms with Gasteiger partial charge in [-0.15, -0.1) is 0 Å². The van der Waals surface area contributed by atoms with Gasteiger partial charge in [0.05, 0.1) is 18.2 Å². The molecule has 0 spiro atoms. The predicted molar refractivity (Wildman–Crippen MR) is 97.4 cm³/mol. The van der Waals surface area contributed by atoms with E-state index in [1.165, 1.54) is 37.7 Å². The van der Waals surface area contributed by atoms with Gasteiger partial charge in [-0.05, 0) is 36.4 Å². The minimum absolute atomic E-state index is 0.116. The zero-order valence-electron chi connectivity index (χ0n) is 14.6. The molecule has 142 valence electrons. The van der Waals surface area contributed by atoms with Crippen LogP contribution in [0.1, 0.15) is 20.7 Å². The molecule has 3 rings (SSSR count). The number of amides is 1. The van der Waals surface area contributed by atoms with Gasteiger partial charge in [-0.1, -0.05) is 0 Å². The Labute approximate surface area is 158 Å². The lowest BCUT2D eigenvalue weighted by molar-refractivity contribution is 0.0600. The minimum atomic E-state index is -1.00. The molecule has 0 aliphatic heterocycles. The van der Waals surface area contributed by atoms with Gasteiger partial charge in [-0.25, -0.2) is 23.5 Å². The third-order valence-electron chi connectivity index (χ3n) is 3.65. The molecule has 9 heteroatoms. The van der Waals surface area contributed by atoms with Crippen LogP contribution in [-0.2, 0) is 4.74 Å². The molecular formula is C19H14F2N4O3. The quantitative estimate of drug-likeness (QED) is 0.654. The summed E-state index contributed by atoms with van der Waals surface area (Å²) in [7, 11) is 1.28. The standard InChI is InChI=1S/C19H14F2N4O3/c1-28-18(27)11-2-4-13(5-3-11)24-17(26)12-9-22-19(23-10-12)25-14-6-7-15(20)16(21)8-14/h2-10H,1H3,(H,24,26)(H,22,23,25). The highest BCUT2D eigenvalue weighted by Crippen LogP contribution is 2.17. The molecule has 28 heavy (non-hydrogen) atoms. The normalized spacial score (nSPS) is 10.2. The van der Waals surface area contributed by atoms with Gasteiger partial charge in [0, 0.05) is 29.8 Å². The molecule has 0 saturated carbocycles. The number of methoxy groups -OCH3 is 1. The van der Waals surface area contributed by atoms with Crippen LogP contribution in [0.3, 0.4) is 0 Å². The van der Waals surface area contributed by atoms with E-state index in [-0.39, 0.29) is 17.2 Å². The van der Waals surface area contributed by atoms with Crippen LogP contribution in [-0.4, -0.2) is 29.0 Å². The molecule has 0 radical (unpaired) electrons. The van der Waals surface area contributed by atoms with Crippen molar-refractivity contribution in [2.75, 3.05) is 17.7 Å². The predicted octanol–water partition coefficient (Wildman–Crippen LogP) is 3.54. The number of nitrogens with zero attached hydrogens (tertiary/aromatic N) is 2. The molecule has 0 aliphatic rings. The summed E-state index contributed by atoms with van der Waals surface area (Å²) < 4.78 is 30.8. The number of carbonyl (C=O) groups is 2. The van der Waals surface area contributed by atoms with Crippen molar-refractivity contribution < 1.29 is 23.1 Å². The number of benzene rings is 2. The average Bonchev–Trinajstić information content (AvgIpc) is 2.71. The van der Waals surface area contributed by atoms with Crippen molar-refractivity contribution in [3.8, 4) is 0 Å². The highest BCUT2D eigenvalue weighted by atomic mass is 19.2. The topological polar surface area (TPSA) is 93.2 Å². The van der Waals surface area contributed by atoms with Crippen molar-refractivity contribution in [1.29, 1.82) is 0 Å². The Kier molecular flexibility index (Phi) is 5.54. The highest BCUT2D eigenvalue weighted by Gasteiger charge is 2.10. The molecule has 7 nitrogen and oxygen atoms in total. The first-order valence-corrected chi connectivity index (χ1v) is 8.00. The summed E-state index contributed by atoms with van der Waals surface area (Å²) >= 11 is 0. The van der Waals surface area contributed by atoms with Gasteiger partial charge in [-0.3, -0.25) is 4.79 Å². The Balaban J connectivity index is 1.64. The largest absolute Gasteiger partial charge is 0.465 e. The fourth-order valence-corrected chi connectivity index (χ4v) is 2.22. The SMILES string of the molecule is COC(=O)c1ccc(NC(=O)c2cnc(Nc3ccc(F)c(F)c3)nc2)cc1. The van der Waals surface area contributed by atoms with E-state index < -0.39 is 23.5 Å². The van der Waals surface area contributed by atoms with E-state index >= 15 is 0 Å². The molecule has 0 saturated heterocycles. The van der Waals surface area contributed by atoms with Crippen molar-refractivity contribution in [2.24, 2.45) is 0 Å². The van der Waals surface area contributed by atoms with Crippen LogP contribution in [0.2, 0.25) is 0 Å². The van der Waals surface area contributed by atoms with Crippen LogP contribution in [0.25, 0.3) is 0 Å². The van der Waals surface area contributed by atoms with Crippen molar-refractivity contribution in [3.63, 3.8) is 0 Å². The van der Waals surface area contributed by atoms with E-state index in [2.05, 4.69) is 25.3 Å². The first-order chi connectivity index (χ1) is 13.5. The number of aromatic nitrogens is 2. The molecule has 1 amide bonds. The van der Waals surface area contributed by atoms with E-state index in [1.807, 2.05) is 0 Å². The molecular weight excluding hydrogens is 370 g/mol. The number of rotatable bonds is 5. The molecule has 3 aromatic rings. The first-order valence-electron chi connectivity index (χ1n) is 8.00. The van der Waals surface area contributed by atoms with Crippen molar-refractivity contribution in [3.05, 3.63) is 77.6 Å². The monoisotopic (exact) mass is 384 g/mol. The number of carbonyl (C=O) groups excluding carboxylic acids is 2. The Morgan fingerprint density at radius 3 is 2.14 bits per heavy atom. The van der Waals surface area contributed by atoms with Gasteiger partial charge < -0.3 is 15.4 Å². The zero-order chi connectivity index (χ0) is 20.1. The summed E-state index contributed by atoms with van der Waals surface area (Å²) in [6.07, 6.45) is 2.57. The second-order valence-electron chi connectivity index (χ2n) is 5.57. The van der Waals surface area contributed by atoms with Crippen molar-refractivity contribution >= 4 is 29.2 Å². The van der Waals surface area contributed by atoms with Gasteiger partial charge in [0.15, 0.2) is 11.6 Å². The Hall–Kier alpha value is -3.88.